The van der Waals surface area contributed by atoms with Crippen molar-refractivity contribution in [3.05, 3.63) is 83.0 Å². The molecule has 0 spiro atoms. The van der Waals surface area contributed by atoms with Crippen LogP contribution in [-0.4, -0.2) is 39.4 Å². The Kier molecular flexibility index (Phi) is 13.5. The number of hydrogen-bond donors (Lipinski definition) is 1. The Hall–Kier alpha value is -3.08. The molecule has 40 heavy (non-hydrogen) atoms. The van der Waals surface area contributed by atoms with E-state index in [2.05, 4.69) is 26.1 Å². The molecule has 2 rings (SSSR count). The number of carbonyl (C=O) groups is 2. The Morgan fingerprint density at radius 2 is 1.15 bits per heavy atom. The van der Waals surface area contributed by atoms with Crippen molar-refractivity contribution in [2.24, 2.45) is 0 Å². The Morgan fingerprint density at radius 1 is 0.750 bits per heavy atom. The molecule has 0 heterocycles. The molecule has 0 saturated heterocycles. The van der Waals surface area contributed by atoms with E-state index in [1.807, 2.05) is 0 Å². The third-order valence-corrected chi connectivity index (χ3v) is 7.28. The first-order chi connectivity index (χ1) is 19.0. The summed E-state index contributed by atoms with van der Waals surface area (Å²) < 4.78 is 50.1. The molecular formula is C28H35O10PS. The number of benzene rings is 2. The van der Waals surface area contributed by atoms with Crippen LogP contribution in [0.3, 0.4) is 0 Å². The zero-order valence-electron chi connectivity index (χ0n) is 23.1. The Bertz CT molecular complexity index is 1170. The topological polar surface area (TPSA) is 116 Å². The van der Waals surface area contributed by atoms with Crippen molar-refractivity contribution < 1.29 is 46.1 Å². The van der Waals surface area contributed by atoms with Crippen LogP contribution in [0.15, 0.2) is 60.7 Å². The third-order valence-electron chi connectivity index (χ3n) is 5.59. The molecule has 0 radical (unpaired) electrons. The van der Waals surface area contributed by atoms with Crippen molar-refractivity contribution in [3.63, 3.8) is 0 Å². The van der Waals surface area contributed by atoms with E-state index >= 15 is 0 Å². The van der Waals surface area contributed by atoms with Crippen LogP contribution in [0.5, 0.6) is 11.5 Å². The predicted molar refractivity (Wildman–Crippen MR) is 152 cm³/mol. The molecule has 0 saturated carbocycles. The van der Waals surface area contributed by atoms with E-state index < -0.39 is 19.8 Å². The number of carbonyl (C=O) groups excluding carboxylic acids is 2. The lowest BCUT2D eigenvalue weighted by molar-refractivity contribution is -0.139. The number of esters is 2. The van der Waals surface area contributed by atoms with Crippen molar-refractivity contribution in [1.82, 2.24) is 0 Å². The fraction of sp³-hybridized carbons (Fsp3) is 0.357. The van der Waals surface area contributed by atoms with Gasteiger partial charge in [-0.1, -0.05) is 25.3 Å². The first-order valence-corrected chi connectivity index (χ1v) is 14.0. The fourth-order valence-corrected chi connectivity index (χ4v) is 4.39. The van der Waals surface area contributed by atoms with E-state index in [0.29, 0.717) is 46.6 Å². The molecule has 218 valence electrons. The standard InChI is InChI=1S/C28H35O10PS/c1-19(2)27(29)34-13-11-21-15-25(32-5)9-7-23(21)17-36-39(31,38-40)37-18-24-8-10-26(33-6)16-22(24)12-14-35-28(30)20(3)4/h7-10,15-16,40H,1,3,11-14,17-18H2,2,4-6H3. The lowest BCUT2D eigenvalue weighted by Gasteiger charge is -2.18. The van der Waals surface area contributed by atoms with Crippen LogP contribution in [0.2, 0.25) is 0 Å². The van der Waals surface area contributed by atoms with Gasteiger partial charge in [0.15, 0.2) is 0 Å². The number of phosphoric ester groups is 1. The lowest BCUT2D eigenvalue weighted by Crippen LogP contribution is -2.10. The van der Waals surface area contributed by atoms with Gasteiger partial charge in [0.2, 0.25) is 0 Å². The second kappa shape index (κ2) is 16.2. The van der Waals surface area contributed by atoms with Gasteiger partial charge in [0, 0.05) is 24.0 Å². The average molecular weight is 595 g/mol. The van der Waals surface area contributed by atoms with Gasteiger partial charge in [-0.3, -0.25) is 9.05 Å². The van der Waals surface area contributed by atoms with E-state index in [9.17, 15) is 14.2 Å². The first kappa shape index (κ1) is 33.1. The third kappa shape index (κ3) is 10.5. The summed E-state index contributed by atoms with van der Waals surface area (Å²) in [6.45, 7) is 10.2. The Labute approximate surface area is 240 Å². The minimum Gasteiger partial charge on any atom is -0.497 e. The summed E-state index contributed by atoms with van der Waals surface area (Å²) in [5.74, 6) is 0.203. The van der Waals surface area contributed by atoms with Gasteiger partial charge < -0.3 is 18.9 Å². The van der Waals surface area contributed by atoms with Crippen LogP contribution in [0.4, 0.5) is 0 Å². The maximum absolute atomic E-state index is 13.2. The van der Waals surface area contributed by atoms with Gasteiger partial charge in [-0.2, -0.15) is 0 Å². The summed E-state index contributed by atoms with van der Waals surface area (Å²) in [4.78, 5) is 23.4. The molecule has 0 fully saturated rings. The van der Waals surface area contributed by atoms with Crippen molar-refractivity contribution in [2.45, 2.75) is 39.9 Å². The van der Waals surface area contributed by atoms with Crippen molar-refractivity contribution in [2.75, 3.05) is 27.4 Å². The Morgan fingerprint density at radius 3 is 1.48 bits per heavy atom. The zero-order chi connectivity index (χ0) is 29.7. The largest absolute Gasteiger partial charge is 0.497 e. The van der Waals surface area contributed by atoms with Gasteiger partial charge in [-0.15, -0.1) is 0 Å². The highest BCUT2D eigenvalue weighted by atomic mass is 32.1. The molecule has 0 N–H and O–H groups in total. The average Bonchev–Trinajstić information content (AvgIpc) is 2.95. The molecule has 0 aliphatic carbocycles. The van der Waals surface area contributed by atoms with Gasteiger partial charge >= 0.3 is 19.8 Å². The molecular weight excluding hydrogens is 559 g/mol. The molecule has 0 amide bonds. The predicted octanol–water partition coefficient (Wildman–Crippen LogP) is 5.73. The van der Waals surface area contributed by atoms with Gasteiger partial charge in [0.25, 0.3) is 0 Å². The summed E-state index contributed by atoms with van der Waals surface area (Å²) in [6, 6.07) is 10.5. The summed E-state index contributed by atoms with van der Waals surface area (Å²) in [5.41, 5.74) is 3.41. The molecule has 2 aromatic carbocycles. The lowest BCUT2D eigenvalue weighted by atomic mass is 10.1. The maximum atomic E-state index is 13.2. The summed E-state index contributed by atoms with van der Waals surface area (Å²) in [6.07, 6.45) is 0.708. The number of thiol groups is 1. The molecule has 10 nitrogen and oxygen atoms in total. The van der Waals surface area contributed by atoms with Crippen LogP contribution >= 0.6 is 20.7 Å². The summed E-state index contributed by atoms with van der Waals surface area (Å²) >= 11 is 3.72. The quantitative estimate of drug-likeness (QED) is 0.0800. The van der Waals surface area contributed by atoms with Crippen molar-refractivity contribution in [1.29, 1.82) is 0 Å². The summed E-state index contributed by atoms with van der Waals surface area (Å²) in [5, 5.41) is 0. The van der Waals surface area contributed by atoms with Crippen LogP contribution in [-0.2, 0) is 62.7 Å². The minimum atomic E-state index is -4.11. The number of rotatable bonds is 17. The second-order valence-electron chi connectivity index (χ2n) is 8.68. The highest BCUT2D eigenvalue weighted by molar-refractivity contribution is 7.80. The molecule has 0 aliphatic heterocycles. The van der Waals surface area contributed by atoms with Gasteiger partial charge in [-0.05, 0) is 73.3 Å². The SMILES string of the molecule is C=C(C)C(=O)OCCc1cc(OC)ccc1COP(=O)(OS)OCc1ccc(OC)cc1CCOC(=O)C(=C)C. The maximum Gasteiger partial charge on any atom is 0.486 e. The Balaban J connectivity index is 2.10. The number of phosphoric acid groups is 1. The monoisotopic (exact) mass is 594 g/mol. The van der Waals surface area contributed by atoms with E-state index in [1.165, 1.54) is 14.2 Å². The second-order valence-corrected chi connectivity index (χ2v) is 10.7. The normalized spacial score (nSPS) is 11.0. The van der Waals surface area contributed by atoms with Crippen molar-refractivity contribution >= 4 is 32.7 Å². The van der Waals surface area contributed by atoms with E-state index in [1.54, 1.807) is 50.2 Å². The van der Waals surface area contributed by atoms with Gasteiger partial charge in [0.1, 0.15) is 11.5 Å². The molecule has 12 heteroatoms. The van der Waals surface area contributed by atoms with Crippen LogP contribution in [0.1, 0.15) is 36.1 Å². The fourth-order valence-electron chi connectivity index (χ4n) is 3.34. The molecule has 0 bridgehead atoms. The number of methoxy groups -OCH3 is 2. The van der Waals surface area contributed by atoms with Crippen LogP contribution in [0, 0.1) is 0 Å². The molecule has 0 unspecified atom stereocenters. The molecule has 0 aromatic heterocycles. The number of hydrogen-bond acceptors (Lipinski definition) is 11. The highest BCUT2D eigenvalue weighted by Crippen LogP contribution is 2.52. The molecule has 0 aliphatic rings. The summed E-state index contributed by atoms with van der Waals surface area (Å²) in [7, 11) is -1.04. The highest BCUT2D eigenvalue weighted by Gasteiger charge is 2.27. The van der Waals surface area contributed by atoms with Crippen LogP contribution in [0.25, 0.3) is 0 Å². The molecule has 2 aromatic rings. The van der Waals surface area contributed by atoms with Gasteiger partial charge in [0.05, 0.1) is 40.6 Å². The van der Waals surface area contributed by atoms with Gasteiger partial charge in [-0.25, -0.2) is 18.1 Å². The van der Waals surface area contributed by atoms with E-state index in [4.69, 9.17) is 32.0 Å². The van der Waals surface area contributed by atoms with E-state index in [-0.39, 0.29) is 26.4 Å². The zero-order valence-corrected chi connectivity index (χ0v) is 24.9. The molecule has 0 atom stereocenters. The van der Waals surface area contributed by atoms with Crippen molar-refractivity contribution in [3.8, 4) is 11.5 Å². The minimum absolute atomic E-state index is 0.102. The van der Waals surface area contributed by atoms with Crippen LogP contribution < -0.4 is 9.47 Å². The van der Waals surface area contributed by atoms with E-state index in [0.717, 1.165) is 11.1 Å². The first-order valence-electron chi connectivity index (χ1n) is 12.2. The smallest absolute Gasteiger partial charge is 0.486 e. The number of ether oxygens (including phenoxy) is 4.